The predicted octanol–water partition coefficient (Wildman–Crippen LogP) is 1.93. The van der Waals surface area contributed by atoms with Gasteiger partial charge in [0.1, 0.15) is 0 Å². The van der Waals surface area contributed by atoms with E-state index in [9.17, 15) is 8.76 Å². The van der Waals surface area contributed by atoms with Crippen molar-refractivity contribution in [1.29, 1.82) is 0 Å². The van der Waals surface area contributed by atoms with Crippen LogP contribution >= 0.6 is 0 Å². The zero-order chi connectivity index (χ0) is 17.1. The van der Waals surface area contributed by atoms with E-state index in [-0.39, 0.29) is 6.54 Å². The molecule has 8 heteroatoms. The molecule has 1 aromatic heterocycles. The molecule has 0 aliphatic heterocycles. The molecule has 0 aliphatic rings. The summed E-state index contributed by atoms with van der Waals surface area (Å²) in [6, 6.07) is 11.2. The van der Waals surface area contributed by atoms with E-state index in [0.717, 1.165) is 22.2 Å². The minimum Gasteiger partial charge on any atom is -0.760 e. The molecular formula is C16H16N3O4S-. The lowest BCUT2D eigenvalue weighted by molar-refractivity contribution is 0.356. The monoisotopic (exact) mass is 346 g/mol. The molecule has 0 saturated carbocycles. The van der Waals surface area contributed by atoms with Gasteiger partial charge in [0, 0.05) is 29.3 Å². The molecule has 1 atom stereocenters. The first kappa shape index (κ1) is 16.4. The Hall–Kier alpha value is -2.42. The molecule has 126 valence electrons. The molecule has 0 bridgehead atoms. The molecule has 1 unspecified atom stereocenters. The summed E-state index contributed by atoms with van der Waals surface area (Å²) in [6.07, 6.45) is 1.76. The summed E-state index contributed by atoms with van der Waals surface area (Å²) in [5, 5.41) is 5.34. The Morgan fingerprint density at radius 3 is 2.46 bits per heavy atom. The Labute approximate surface area is 141 Å². The van der Waals surface area contributed by atoms with Crippen LogP contribution in [0.2, 0.25) is 0 Å². The number of rotatable bonds is 6. The summed E-state index contributed by atoms with van der Waals surface area (Å²) >= 11 is -2.27. The largest absolute Gasteiger partial charge is 0.760 e. The number of hydrogen-bond acceptors (Lipinski definition) is 5. The van der Waals surface area contributed by atoms with E-state index in [2.05, 4.69) is 9.82 Å². The van der Waals surface area contributed by atoms with Crippen LogP contribution in [-0.2, 0) is 17.8 Å². The SMILES string of the molecule is COc1cc2cnn(-c3ccc(CNS(=O)[O-])cc3)c2cc1OC. The molecule has 1 N–H and O–H groups in total. The van der Waals surface area contributed by atoms with Gasteiger partial charge in [0.2, 0.25) is 0 Å². The first-order valence-corrected chi connectivity index (χ1v) is 8.21. The maximum absolute atomic E-state index is 10.5. The van der Waals surface area contributed by atoms with Crippen LogP contribution in [0, 0.1) is 0 Å². The van der Waals surface area contributed by atoms with Gasteiger partial charge in [-0.3, -0.25) is 4.21 Å². The van der Waals surface area contributed by atoms with Gasteiger partial charge in [-0.25, -0.2) is 9.40 Å². The lowest BCUT2D eigenvalue weighted by Gasteiger charge is -2.10. The van der Waals surface area contributed by atoms with Gasteiger partial charge in [-0.15, -0.1) is 0 Å². The third-order valence-corrected chi connectivity index (χ3v) is 4.03. The highest BCUT2D eigenvalue weighted by molar-refractivity contribution is 7.77. The van der Waals surface area contributed by atoms with Gasteiger partial charge in [-0.1, -0.05) is 12.1 Å². The van der Waals surface area contributed by atoms with Crippen molar-refractivity contribution in [2.45, 2.75) is 6.54 Å². The van der Waals surface area contributed by atoms with Crippen molar-refractivity contribution in [1.82, 2.24) is 14.5 Å². The molecule has 7 nitrogen and oxygen atoms in total. The minimum atomic E-state index is -2.27. The summed E-state index contributed by atoms with van der Waals surface area (Å²) in [6.45, 7) is 0.251. The Bertz CT molecular complexity index is 877. The third kappa shape index (κ3) is 3.25. The second-order valence-corrected chi connectivity index (χ2v) is 5.80. The Morgan fingerprint density at radius 2 is 1.83 bits per heavy atom. The van der Waals surface area contributed by atoms with E-state index in [1.807, 2.05) is 36.4 Å². The standard InChI is InChI=1S/C16H17N3O4S/c1-22-15-7-12-10-17-19(14(12)8-16(15)23-2)13-5-3-11(4-6-13)9-18-24(20)21/h3-8,10,18H,9H2,1-2H3,(H,20,21)/p-1. The van der Waals surface area contributed by atoms with Gasteiger partial charge in [0.25, 0.3) is 0 Å². The maximum Gasteiger partial charge on any atom is 0.162 e. The second kappa shape index (κ2) is 7.00. The van der Waals surface area contributed by atoms with Gasteiger partial charge in [0.05, 0.1) is 31.6 Å². The summed E-state index contributed by atoms with van der Waals surface area (Å²) < 4.78 is 35.9. The molecular weight excluding hydrogens is 330 g/mol. The molecule has 2 aromatic carbocycles. The molecule has 0 fully saturated rings. The van der Waals surface area contributed by atoms with Crippen molar-refractivity contribution in [2.24, 2.45) is 0 Å². The minimum absolute atomic E-state index is 0.251. The van der Waals surface area contributed by atoms with E-state index in [1.165, 1.54) is 0 Å². The molecule has 3 rings (SSSR count). The molecule has 0 amide bonds. The predicted molar refractivity (Wildman–Crippen MR) is 89.9 cm³/mol. The second-order valence-electron chi connectivity index (χ2n) is 5.04. The number of hydrogen-bond donors (Lipinski definition) is 1. The van der Waals surface area contributed by atoms with Crippen molar-refractivity contribution in [2.75, 3.05) is 14.2 Å². The number of nitrogens with one attached hydrogen (secondary N) is 1. The molecule has 24 heavy (non-hydrogen) atoms. The third-order valence-electron chi connectivity index (χ3n) is 3.65. The van der Waals surface area contributed by atoms with Crippen LogP contribution in [-0.4, -0.2) is 32.8 Å². The lowest BCUT2D eigenvalue weighted by Crippen LogP contribution is -2.15. The molecule has 0 radical (unpaired) electrons. The zero-order valence-corrected chi connectivity index (χ0v) is 14.0. The average Bonchev–Trinajstić information content (AvgIpc) is 3.01. The normalized spacial score (nSPS) is 12.3. The van der Waals surface area contributed by atoms with Crippen LogP contribution in [0.1, 0.15) is 5.56 Å². The van der Waals surface area contributed by atoms with E-state index < -0.39 is 11.3 Å². The van der Waals surface area contributed by atoms with Gasteiger partial charge >= 0.3 is 0 Å². The van der Waals surface area contributed by atoms with Gasteiger partial charge in [0.15, 0.2) is 11.5 Å². The molecule has 1 heterocycles. The van der Waals surface area contributed by atoms with E-state index >= 15 is 0 Å². The zero-order valence-electron chi connectivity index (χ0n) is 13.2. The number of nitrogens with zero attached hydrogens (tertiary/aromatic N) is 2. The average molecular weight is 346 g/mol. The van der Waals surface area contributed by atoms with Crippen LogP contribution < -0.4 is 14.2 Å². The topological polar surface area (TPSA) is 88.4 Å². The number of benzene rings is 2. The van der Waals surface area contributed by atoms with Crippen molar-refractivity contribution in [3.05, 3.63) is 48.2 Å². The Kier molecular flexibility index (Phi) is 4.79. The van der Waals surface area contributed by atoms with Crippen LogP contribution in [0.4, 0.5) is 0 Å². The molecule has 3 aromatic rings. The van der Waals surface area contributed by atoms with Gasteiger partial charge in [-0.05, 0) is 23.8 Å². The Morgan fingerprint density at radius 1 is 1.17 bits per heavy atom. The highest BCUT2D eigenvalue weighted by Gasteiger charge is 2.11. The van der Waals surface area contributed by atoms with E-state index in [4.69, 9.17) is 9.47 Å². The summed E-state index contributed by atoms with van der Waals surface area (Å²) in [4.78, 5) is 0. The van der Waals surface area contributed by atoms with Crippen LogP contribution in [0.3, 0.4) is 0 Å². The molecule has 0 saturated heterocycles. The number of fused-ring (bicyclic) bond motifs is 1. The lowest BCUT2D eigenvalue weighted by atomic mass is 10.2. The smallest absolute Gasteiger partial charge is 0.162 e. The van der Waals surface area contributed by atoms with Gasteiger partial charge in [-0.2, -0.15) is 5.10 Å². The highest BCUT2D eigenvalue weighted by Crippen LogP contribution is 2.32. The molecule has 0 aliphatic carbocycles. The number of methoxy groups -OCH3 is 2. The molecule has 0 spiro atoms. The fourth-order valence-corrected chi connectivity index (χ4v) is 2.74. The summed E-state index contributed by atoms with van der Waals surface area (Å²) in [5.74, 6) is 1.28. The number of aromatic nitrogens is 2. The van der Waals surface area contributed by atoms with Crippen molar-refractivity contribution in [3.8, 4) is 17.2 Å². The van der Waals surface area contributed by atoms with Crippen LogP contribution in [0.25, 0.3) is 16.6 Å². The van der Waals surface area contributed by atoms with E-state index in [1.54, 1.807) is 25.1 Å². The highest BCUT2D eigenvalue weighted by atomic mass is 32.2. The van der Waals surface area contributed by atoms with Crippen LogP contribution in [0.15, 0.2) is 42.6 Å². The van der Waals surface area contributed by atoms with Crippen molar-refractivity contribution in [3.63, 3.8) is 0 Å². The van der Waals surface area contributed by atoms with E-state index in [0.29, 0.717) is 11.5 Å². The van der Waals surface area contributed by atoms with Crippen LogP contribution in [0.5, 0.6) is 11.5 Å². The van der Waals surface area contributed by atoms with Crippen molar-refractivity contribution >= 4 is 22.2 Å². The van der Waals surface area contributed by atoms with Crippen molar-refractivity contribution < 1.29 is 18.2 Å². The fourth-order valence-electron chi connectivity index (χ4n) is 2.46. The number of ether oxygens (including phenoxy) is 2. The first-order valence-electron chi connectivity index (χ1n) is 7.14. The summed E-state index contributed by atoms with van der Waals surface area (Å²) in [5.41, 5.74) is 2.61. The summed E-state index contributed by atoms with van der Waals surface area (Å²) in [7, 11) is 3.18. The fraction of sp³-hybridized carbons (Fsp3) is 0.188. The van der Waals surface area contributed by atoms with Gasteiger partial charge < -0.3 is 14.0 Å². The Balaban J connectivity index is 1.95. The maximum atomic E-state index is 10.5. The quantitative estimate of drug-likeness (QED) is 0.689. The first-order chi connectivity index (χ1) is 11.6.